The average Bonchev–Trinajstić information content (AvgIpc) is 2.51. The maximum atomic E-state index is 12.8. The maximum Gasteiger partial charge on any atom is 0.227 e. The fourth-order valence-corrected chi connectivity index (χ4v) is 1.52. The number of benzene rings is 1. The van der Waals surface area contributed by atoms with Crippen LogP contribution in [0.4, 0.5) is 10.1 Å². The lowest BCUT2D eigenvalue weighted by Gasteiger charge is -2.14. The number of carbonyl (C=O) groups excluding carboxylic acids is 1. The molecule has 1 aliphatic heterocycles. The molecule has 1 aliphatic rings. The molecule has 67 valence electrons. The van der Waals surface area contributed by atoms with Crippen molar-refractivity contribution >= 4 is 11.6 Å². The van der Waals surface area contributed by atoms with Gasteiger partial charge in [0.25, 0.3) is 0 Å². The number of hydrogen-bond donors (Lipinski definition) is 0. The van der Waals surface area contributed by atoms with E-state index in [2.05, 4.69) is 6.07 Å². The van der Waals surface area contributed by atoms with E-state index >= 15 is 0 Å². The van der Waals surface area contributed by atoms with Gasteiger partial charge in [-0.05, 0) is 24.6 Å². The second kappa shape index (κ2) is 3.17. The number of halogens is 1. The van der Waals surface area contributed by atoms with Gasteiger partial charge in [0.2, 0.25) is 5.91 Å². The van der Waals surface area contributed by atoms with Gasteiger partial charge in [-0.25, -0.2) is 4.39 Å². The highest BCUT2D eigenvalue weighted by Crippen LogP contribution is 2.21. The van der Waals surface area contributed by atoms with Gasteiger partial charge in [0, 0.05) is 24.7 Å². The summed E-state index contributed by atoms with van der Waals surface area (Å²) in [5.41, 5.74) is 0.638. The van der Waals surface area contributed by atoms with Gasteiger partial charge < -0.3 is 4.90 Å². The molecule has 1 amide bonds. The standard InChI is InChI=1S/C10H9FNO/c11-8-3-1-4-9(7-8)12-6-2-5-10(12)13/h1,4,7H,2,5-6H2. The molecule has 1 fully saturated rings. The van der Waals surface area contributed by atoms with Crippen LogP contribution in [0, 0.1) is 11.9 Å². The zero-order valence-electron chi connectivity index (χ0n) is 7.09. The zero-order valence-corrected chi connectivity index (χ0v) is 7.09. The molecule has 0 aromatic heterocycles. The highest BCUT2D eigenvalue weighted by atomic mass is 19.1. The van der Waals surface area contributed by atoms with E-state index in [1.165, 1.54) is 12.1 Å². The molecule has 1 aromatic carbocycles. The van der Waals surface area contributed by atoms with Gasteiger partial charge in [-0.3, -0.25) is 4.79 Å². The number of amides is 1. The third kappa shape index (κ3) is 1.54. The van der Waals surface area contributed by atoms with Crippen molar-refractivity contribution in [1.82, 2.24) is 0 Å². The van der Waals surface area contributed by atoms with Crippen LogP contribution in [0.25, 0.3) is 0 Å². The maximum absolute atomic E-state index is 12.8. The van der Waals surface area contributed by atoms with Gasteiger partial charge in [0.05, 0.1) is 0 Å². The van der Waals surface area contributed by atoms with Crippen LogP contribution in [0.15, 0.2) is 18.2 Å². The first-order valence-electron chi connectivity index (χ1n) is 4.25. The molecule has 1 aromatic rings. The monoisotopic (exact) mass is 178 g/mol. The van der Waals surface area contributed by atoms with Crippen LogP contribution in [0.1, 0.15) is 12.8 Å². The molecule has 0 bridgehead atoms. The van der Waals surface area contributed by atoms with Crippen LogP contribution < -0.4 is 4.90 Å². The van der Waals surface area contributed by atoms with Gasteiger partial charge in [-0.2, -0.15) is 0 Å². The summed E-state index contributed by atoms with van der Waals surface area (Å²) in [6, 6.07) is 6.94. The van der Waals surface area contributed by atoms with Crippen LogP contribution in [0.5, 0.6) is 0 Å². The Bertz CT molecular complexity index is 337. The van der Waals surface area contributed by atoms with Gasteiger partial charge >= 0.3 is 0 Å². The van der Waals surface area contributed by atoms with Gasteiger partial charge in [-0.1, -0.05) is 0 Å². The van der Waals surface area contributed by atoms with Gasteiger partial charge in [-0.15, -0.1) is 0 Å². The first-order valence-corrected chi connectivity index (χ1v) is 4.25. The van der Waals surface area contributed by atoms with Crippen LogP contribution in [-0.2, 0) is 4.79 Å². The summed E-state index contributed by atoms with van der Waals surface area (Å²) in [6.07, 6.45) is 1.43. The summed E-state index contributed by atoms with van der Waals surface area (Å²) in [4.78, 5) is 12.9. The Balaban J connectivity index is 2.29. The molecule has 2 rings (SSSR count). The van der Waals surface area contributed by atoms with Gasteiger partial charge in [0.15, 0.2) is 0 Å². The van der Waals surface area contributed by atoms with Crippen molar-refractivity contribution in [3.63, 3.8) is 0 Å². The van der Waals surface area contributed by atoms with E-state index in [1.807, 2.05) is 0 Å². The Morgan fingerprint density at radius 1 is 1.54 bits per heavy atom. The number of hydrogen-bond acceptors (Lipinski definition) is 1. The van der Waals surface area contributed by atoms with E-state index in [0.717, 1.165) is 6.42 Å². The van der Waals surface area contributed by atoms with E-state index in [0.29, 0.717) is 18.7 Å². The fraction of sp³-hybridized carbons (Fsp3) is 0.300. The Morgan fingerprint density at radius 3 is 3.00 bits per heavy atom. The minimum atomic E-state index is -0.419. The Morgan fingerprint density at radius 2 is 2.38 bits per heavy atom. The van der Waals surface area contributed by atoms with Crippen molar-refractivity contribution in [2.75, 3.05) is 11.4 Å². The van der Waals surface area contributed by atoms with Crippen LogP contribution in [-0.4, -0.2) is 12.5 Å². The largest absolute Gasteiger partial charge is 0.312 e. The molecule has 1 radical (unpaired) electrons. The molecule has 13 heavy (non-hydrogen) atoms. The van der Waals surface area contributed by atoms with Crippen molar-refractivity contribution < 1.29 is 9.18 Å². The van der Waals surface area contributed by atoms with Crippen molar-refractivity contribution in [1.29, 1.82) is 0 Å². The molecule has 0 N–H and O–H groups in total. The normalized spacial score (nSPS) is 16.7. The lowest BCUT2D eigenvalue weighted by molar-refractivity contribution is -0.117. The molecule has 0 spiro atoms. The molecule has 3 heteroatoms. The summed E-state index contributed by atoms with van der Waals surface area (Å²) in [5, 5.41) is 0. The highest BCUT2D eigenvalue weighted by Gasteiger charge is 2.21. The topological polar surface area (TPSA) is 20.3 Å². The minimum absolute atomic E-state index is 0.0746. The van der Waals surface area contributed by atoms with Crippen molar-refractivity contribution in [2.45, 2.75) is 12.8 Å². The van der Waals surface area contributed by atoms with E-state index in [4.69, 9.17) is 0 Å². The number of anilines is 1. The Kier molecular flexibility index (Phi) is 2.00. The predicted molar refractivity (Wildman–Crippen MR) is 46.8 cm³/mol. The molecule has 2 nitrogen and oxygen atoms in total. The van der Waals surface area contributed by atoms with Crippen molar-refractivity contribution in [3.8, 4) is 0 Å². The molecule has 1 heterocycles. The number of nitrogens with zero attached hydrogens (tertiary/aromatic N) is 1. The molecular formula is C10H9FNO. The van der Waals surface area contributed by atoms with Crippen LogP contribution >= 0.6 is 0 Å². The van der Waals surface area contributed by atoms with E-state index in [-0.39, 0.29) is 5.91 Å². The fourth-order valence-electron chi connectivity index (χ4n) is 1.52. The predicted octanol–water partition coefficient (Wildman–Crippen LogP) is 1.75. The quantitative estimate of drug-likeness (QED) is 0.641. The second-order valence-corrected chi connectivity index (χ2v) is 3.04. The Hall–Kier alpha value is -1.38. The third-order valence-electron chi connectivity index (χ3n) is 2.14. The molecular weight excluding hydrogens is 169 g/mol. The molecule has 1 saturated heterocycles. The minimum Gasteiger partial charge on any atom is -0.312 e. The summed E-state index contributed by atoms with van der Waals surface area (Å²) in [5.74, 6) is -0.345. The molecule has 0 unspecified atom stereocenters. The summed E-state index contributed by atoms with van der Waals surface area (Å²) < 4.78 is 12.8. The average molecular weight is 178 g/mol. The molecule has 0 atom stereocenters. The second-order valence-electron chi connectivity index (χ2n) is 3.04. The lowest BCUT2D eigenvalue weighted by Crippen LogP contribution is -2.23. The number of rotatable bonds is 1. The lowest BCUT2D eigenvalue weighted by atomic mass is 10.3. The van der Waals surface area contributed by atoms with E-state index < -0.39 is 5.82 Å². The molecule has 0 saturated carbocycles. The first kappa shape index (κ1) is 8.23. The SMILES string of the molecule is O=C1CCCN1c1cc[c]c(F)c1. The third-order valence-corrected chi connectivity index (χ3v) is 2.14. The summed E-state index contributed by atoms with van der Waals surface area (Å²) in [7, 11) is 0. The van der Waals surface area contributed by atoms with Crippen molar-refractivity contribution in [3.05, 3.63) is 30.1 Å². The summed E-state index contributed by atoms with van der Waals surface area (Å²) in [6.45, 7) is 0.697. The molecule has 0 aliphatic carbocycles. The van der Waals surface area contributed by atoms with E-state index in [9.17, 15) is 9.18 Å². The zero-order chi connectivity index (χ0) is 9.26. The van der Waals surface area contributed by atoms with Gasteiger partial charge in [0.1, 0.15) is 5.82 Å². The van der Waals surface area contributed by atoms with E-state index in [1.54, 1.807) is 11.0 Å². The van der Waals surface area contributed by atoms with Crippen LogP contribution in [0.2, 0.25) is 0 Å². The Labute approximate surface area is 76.0 Å². The van der Waals surface area contributed by atoms with Crippen molar-refractivity contribution in [2.24, 2.45) is 0 Å². The summed E-state index contributed by atoms with van der Waals surface area (Å²) >= 11 is 0. The van der Waals surface area contributed by atoms with Crippen LogP contribution in [0.3, 0.4) is 0 Å². The number of carbonyl (C=O) groups is 1. The smallest absolute Gasteiger partial charge is 0.227 e. The first-order chi connectivity index (χ1) is 6.27. The highest BCUT2D eigenvalue weighted by molar-refractivity contribution is 5.95.